The Balaban J connectivity index is 2.98. The van der Waals surface area contributed by atoms with Gasteiger partial charge in [0.25, 0.3) is 0 Å². The highest BCUT2D eigenvalue weighted by Gasteiger charge is 2.15. The highest BCUT2D eigenvalue weighted by Crippen LogP contribution is 2.19. The molecule has 22 heavy (non-hydrogen) atoms. The predicted octanol–water partition coefficient (Wildman–Crippen LogP) is 2.14. The van der Waals surface area contributed by atoms with Crippen molar-refractivity contribution in [3.05, 3.63) is 28.6 Å². The number of esters is 2. The van der Waals surface area contributed by atoms with E-state index in [0.29, 0.717) is 0 Å². The summed E-state index contributed by atoms with van der Waals surface area (Å²) in [6.07, 6.45) is 2.47. The maximum Gasteiger partial charge on any atom is 0.349 e. The molecular formula is C16H20N2O4. The van der Waals surface area contributed by atoms with E-state index in [1.165, 1.54) is 13.2 Å². The van der Waals surface area contributed by atoms with Crippen LogP contribution < -0.4 is 0 Å². The van der Waals surface area contributed by atoms with Crippen LogP contribution in [0.1, 0.15) is 30.3 Å². The molecule has 0 aliphatic heterocycles. The lowest BCUT2D eigenvalue weighted by atomic mass is 10.1. The van der Waals surface area contributed by atoms with Crippen molar-refractivity contribution in [2.45, 2.75) is 33.7 Å². The number of rotatable bonds is 6. The number of nitrogens with zero attached hydrogens (tertiary/aromatic N) is 2. The van der Waals surface area contributed by atoms with Gasteiger partial charge in [0.15, 0.2) is 6.61 Å². The molecule has 0 spiro atoms. The maximum absolute atomic E-state index is 11.8. The number of aromatic nitrogens is 1. The van der Waals surface area contributed by atoms with Crippen LogP contribution in [0.4, 0.5) is 0 Å². The van der Waals surface area contributed by atoms with E-state index in [2.05, 4.69) is 16.2 Å². The minimum absolute atomic E-state index is 0.152. The van der Waals surface area contributed by atoms with Crippen molar-refractivity contribution in [3.63, 3.8) is 0 Å². The molecule has 0 aliphatic carbocycles. The number of aryl methyl sites for hydroxylation is 1. The van der Waals surface area contributed by atoms with Crippen molar-refractivity contribution in [1.29, 1.82) is 5.26 Å². The third kappa shape index (κ3) is 4.22. The van der Waals surface area contributed by atoms with Crippen molar-refractivity contribution in [2.24, 2.45) is 0 Å². The van der Waals surface area contributed by atoms with Gasteiger partial charge in [0.05, 0.1) is 7.11 Å². The molecule has 0 amide bonds. The van der Waals surface area contributed by atoms with Gasteiger partial charge in [0.1, 0.15) is 11.6 Å². The fourth-order valence-corrected chi connectivity index (χ4v) is 2.10. The molecule has 6 nitrogen and oxygen atoms in total. The van der Waals surface area contributed by atoms with Crippen LogP contribution >= 0.6 is 0 Å². The maximum atomic E-state index is 11.8. The lowest BCUT2D eigenvalue weighted by Gasteiger charge is -2.07. The van der Waals surface area contributed by atoms with Gasteiger partial charge in [-0.15, -0.1) is 0 Å². The summed E-state index contributed by atoms with van der Waals surface area (Å²) in [5.41, 5.74) is 2.68. The summed E-state index contributed by atoms with van der Waals surface area (Å²) in [5.74, 6) is -1.51. The van der Waals surface area contributed by atoms with Gasteiger partial charge in [-0.2, -0.15) is 5.26 Å². The fourth-order valence-electron chi connectivity index (χ4n) is 2.10. The van der Waals surface area contributed by atoms with Gasteiger partial charge in [0.2, 0.25) is 0 Å². The first-order chi connectivity index (χ1) is 10.4. The molecule has 1 aromatic heterocycles. The summed E-state index contributed by atoms with van der Waals surface area (Å²) in [6, 6.07) is 3.72. The molecule has 0 N–H and O–H groups in total. The Kier molecular flexibility index (Phi) is 6.39. The first-order valence-electron chi connectivity index (χ1n) is 6.97. The fraction of sp³-hybridized carbons (Fsp3) is 0.438. The molecule has 0 atom stereocenters. The van der Waals surface area contributed by atoms with Gasteiger partial charge < -0.3 is 14.0 Å². The molecule has 0 saturated heterocycles. The Morgan fingerprint density at radius 2 is 2.09 bits per heavy atom. The van der Waals surface area contributed by atoms with Crippen LogP contribution in [0.2, 0.25) is 0 Å². The second-order valence-electron chi connectivity index (χ2n) is 4.80. The van der Waals surface area contributed by atoms with Gasteiger partial charge in [-0.05, 0) is 38.0 Å². The molecule has 1 heterocycles. The number of hydrogen-bond donors (Lipinski definition) is 0. The van der Waals surface area contributed by atoms with E-state index in [1.807, 2.05) is 19.9 Å². The number of methoxy groups -OCH3 is 1. The zero-order valence-electron chi connectivity index (χ0n) is 13.3. The molecule has 6 heteroatoms. The Hall–Kier alpha value is -2.55. The number of nitriles is 1. The van der Waals surface area contributed by atoms with Crippen LogP contribution in [-0.4, -0.2) is 30.2 Å². The number of carbonyl (C=O) groups is 2. The van der Waals surface area contributed by atoms with E-state index in [9.17, 15) is 9.59 Å². The van der Waals surface area contributed by atoms with Crippen LogP contribution in [-0.2, 0) is 25.6 Å². The number of ether oxygens (including phenoxy) is 2. The lowest BCUT2D eigenvalue weighted by Crippen LogP contribution is -2.15. The summed E-state index contributed by atoms with van der Waals surface area (Å²) in [4.78, 5) is 22.8. The van der Waals surface area contributed by atoms with E-state index < -0.39 is 18.5 Å². The predicted molar refractivity (Wildman–Crippen MR) is 80.8 cm³/mol. The lowest BCUT2D eigenvalue weighted by molar-refractivity contribution is -0.154. The molecule has 0 saturated carbocycles. The second kappa shape index (κ2) is 8.03. The monoisotopic (exact) mass is 304 g/mol. The number of carbonyl (C=O) groups excluding carboxylic acids is 2. The first-order valence-corrected chi connectivity index (χ1v) is 6.97. The van der Waals surface area contributed by atoms with E-state index >= 15 is 0 Å². The summed E-state index contributed by atoms with van der Waals surface area (Å²) in [5, 5.41) is 9.11. The Morgan fingerprint density at radius 3 is 2.64 bits per heavy atom. The molecule has 0 aromatic carbocycles. The molecular weight excluding hydrogens is 284 g/mol. The molecule has 0 bridgehead atoms. The average molecular weight is 304 g/mol. The molecule has 0 fully saturated rings. The topological polar surface area (TPSA) is 81.3 Å². The Bertz CT molecular complexity index is 635. The van der Waals surface area contributed by atoms with E-state index in [-0.39, 0.29) is 5.57 Å². The van der Waals surface area contributed by atoms with Crippen LogP contribution in [0.25, 0.3) is 6.08 Å². The average Bonchev–Trinajstić information content (AvgIpc) is 2.77. The minimum atomic E-state index is -0.840. The van der Waals surface area contributed by atoms with Gasteiger partial charge in [0, 0.05) is 17.9 Å². The first kappa shape index (κ1) is 17.5. The van der Waals surface area contributed by atoms with Gasteiger partial charge in [-0.3, -0.25) is 0 Å². The third-order valence-corrected chi connectivity index (χ3v) is 3.25. The SMILES string of the molecule is CCCn1c(C)cc(/C=C(\C#N)C(=O)OCC(=O)OC)c1C. The highest BCUT2D eigenvalue weighted by atomic mass is 16.6. The van der Waals surface area contributed by atoms with Crippen molar-refractivity contribution < 1.29 is 19.1 Å². The molecule has 0 aliphatic rings. The van der Waals surface area contributed by atoms with Crippen molar-refractivity contribution in [2.75, 3.05) is 13.7 Å². The van der Waals surface area contributed by atoms with Gasteiger partial charge in [-0.1, -0.05) is 6.92 Å². The van der Waals surface area contributed by atoms with E-state index in [0.717, 1.165) is 29.9 Å². The molecule has 0 radical (unpaired) electrons. The van der Waals surface area contributed by atoms with Crippen molar-refractivity contribution in [3.8, 4) is 6.07 Å². The minimum Gasteiger partial charge on any atom is -0.466 e. The van der Waals surface area contributed by atoms with Gasteiger partial charge in [-0.25, -0.2) is 9.59 Å². The zero-order valence-corrected chi connectivity index (χ0v) is 13.3. The Morgan fingerprint density at radius 1 is 1.41 bits per heavy atom. The van der Waals surface area contributed by atoms with E-state index in [4.69, 9.17) is 10.00 Å². The molecule has 1 aromatic rings. The zero-order chi connectivity index (χ0) is 16.7. The summed E-state index contributed by atoms with van der Waals surface area (Å²) in [6.45, 7) is 6.35. The smallest absolute Gasteiger partial charge is 0.349 e. The normalized spacial score (nSPS) is 11.0. The molecule has 118 valence electrons. The van der Waals surface area contributed by atoms with Crippen molar-refractivity contribution >= 4 is 18.0 Å². The van der Waals surface area contributed by atoms with Crippen LogP contribution in [0.15, 0.2) is 11.6 Å². The van der Waals surface area contributed by atoms with E-state index in [1.54, 1.807) is 6.07 Å². The van der Waals surface area contributed by atoms with Crippen LogP contribution in [0.5, 0.6) is 0 Å². The van der Waals surface area contributed by atoms with Gasteiger partial charge >= 0.3 is 11.9 Å². The summed E-state index contributed by atoms with van der Waals surface area (Å²) in [7, 11) is 1.19. The highest BCUT2D eigenvalue weighted by molar-refractivity contribution is 5.98. The van der Waals surface area contributed by atoms with Crippen molar-refractivity contribution in [1.82, 2.24) is 4.57 Å². The second-order valence-corrected chi connectivity index (χ2v) is 4.80. The summed E-state index contributed by atoms with van der Waals surface area (Å²) >= 11 is 0. The standard InChI is InChI=1S/C16H20N2O4/c1-5-6-18-11(2)7-13(12(18)3)8-14(9-17)16(20)22-10-15(19)21-4/h7-8H,5-6,10H2,1-4H3/b14-8+. The number of hydrogen-bond acceptors (Lipinski definition) is 5. The molecule has 1 rings (SSSR count). The Labute approximate surface area is 129 Å². The third-order valence-electron chi connectivity index (χ3n) is 3.25. The van der Waals surface area contributed by atoms with Crippen LogP contribution in [0, 0.1) is 25.2 Å². The van der Waals surface area contributed by atoms with Crippen LogP contribution in [0.3, 0.4) is 0 Å². The summed E-state index contributed by atoms with van der Waals surface area (Å²) < 4.78 is 11.2. The molecule has 0 unspecified atom stereocenters. The quantitative estimate of drug-likeness (QED) is 0.457. The largest absolute Gasteiger partial charge is 0.466 e.